The van der Waals surface area contributed by atoms with Gasteiger partial charge in [0.05, 0.1) is 12.2 Å². The van der Waals surface area contributed by atoms with Gasteiger partial charge in [0.15, 0.2) is 0 Å². The van der Waals surface area contributed by atoms with E-state index in [-0.39, 0.29) is 0 Å². The Morgan fingerprint density at radius 2 is 2.31 bits per heavy atom. The second kappa shape index (κ2) is 3.66. The molecule has 84 valence electrons. The van der Waals surface area contributed by atoms with Crippen molar-refractivity contribution in [2.45, 2.75) is 25.4 Å². The van der Waals surface area contributed by atoms with Gasteiger partial charge in [0.2, 0.25) is 5.95 Å². The van der Waals surface area contributed by atoms with E-state index in [2.05, 4.69) is 20.0 Å². The summed E-state index contributed by atoms with van der Waals surface area (Å²) < 4.78 is 4.02. The zero-order chi connectivity index (χ0) is 11.0. The van der Waals surface area contributed by atoms with E-state index < -0.39 is 0 Å². The fraction of sp³-hybridized carbons (Fsp3) is 0.455. The van der Waals surface area contributed by atoms with Crippen LogP contribution in [0.3, 0.4) is 0 Å². The summed E-state index contributed by atoms with van der Waals surface area (Å²) in [5.74, 6) is 0.952. The highest BCUT2D eigenvalue weighted by atomic mass is 15.3. The molecule has 0 aliphatic heterocycles. The molecule has 0 atom stereocenters. The minimum atomic E-state index is 0.661. The van der Waals surface area contributed by atoms with E-state index in [9.17, 15) is 0 Å². The van der Waals surface area contributed by atoms with Gasteiger partial charge >= 0.3 is 0 Å². The summed E-state index contributed by atoms with van der Waals surface area (Å²) >= 11 is 0. The van der Waals surface area contributed by atoms with Crippen LogP contribution in [0, 0.1) is 0 Å². The van der Waals surface area contributed by atoms with E-state index in [1.807, 2.05) is 36.4 Å². The summed E-state index contributed by atoms with van der Waals surface area (Å²) in [5.41, 5.74) is 1.04. The summed E-state index contributed by atoms with van der Waals surface area (Å²) in [7, 11) is 1.93. The number of rotatable bonds is 4. The lowest BCUT2D eigenvalue weighted by Crippen LogP contribution is -2.07. The van der Waals surface area contributed by atoms with Crippen LogP contribution in [-0.2, 0) is 13.6 Å². The van der Waals surface area contributed by atoms with Crippen LogP contribution < -0.4 is 5.32 Å². The highest BCUT2D eigenvalue weighted by molar-refractivity contribution is 5.28. The molecule has 16 heavy (non-hydrogen) atoms. The molecule has 2 aromatic heterocycles. The van der Waals surface area contributed by atoms with E-state index in [1.165, 1.54) is 12.8 Å². The van der Waals surface area contributed by atoms with Crippen molar-refractivity contribution in [1.82, 2.24) is 19.3 Å². The smallest absolute Gasteiger partial charge is 0.203 e. The molecular formula is C11H15N5. The van der Waals surface area contributed by atoms with Crippen molar-refractivity contribution in [3.8, 4) is 0 Å². The molecule has 5 nitrogen and oxygen atoms in total. The molecule has 0 saturated heterocycles. The maximum absolute atomic E-state index is 4.32. The monoisotopic (exact) mass is 217 g/mol. The second-order valence-corrected chi connectivity index (χ2v) is 4.22. The van der Waals surface area contributed by atoms with Gasteiger partial charge in [0.1, 0.15) is 0 Å². The molecule has 2 heterocycles. The molecule has 1 N–H and O–H groups in total. The van der Waals surface area contributed by atoms with Gasteiger partial charge in [0, 0.05) is 31.7 Å². The van der Waals surface area contributed by atoms with Crippen molar-refractivity contribution in [3.63, 3.8) is 0 Å². The highest BCUT2D eigenvalue weighted by Crippen LogP contribution is 2.36. The molecule has 2 aromatic rings. The van der Waals surface area contributed by atoms with Gasteiger partial charge in [-0.25, -0.2) is 4.98 Å². The first kappa shape index (κ1) is 9.45. The molecule has 1 saturated carbocycles. The quantitative estimate of drug-likeness (QED) is 0.845. The lowest BCUT2D eigenvalue weighted by Gasteiger charge is -2.07. The first-order chi connectivity index (χ1) is 7.83. The minimum Gasteiger partial charge on any atom is -0.350 e. The zero-order valence-electron chi connectivity index (χ0n) is 9.30. The molecule has 3 rings (SSSR count). The Morgan fingerprint density at radius 3 is 3.00 bits per heavy atom. The Labute approximate surface area is 94.1 Å². The number of aromatic nitrogens is 4. The first-order valence-electron chi connectivity index (χ1n) is 5.58. The lowest BCUT2D eigenvalue weighted by molar-refractivity contribution is 0.730. The van der Waals surface area contributed by atoms with Gasteiger partial charge in [-0.05, 0) is 18.9 Å². The average Bonchev–Trinajstić information content (AvgIpc) is 2.86. The maximum Gasteiger partial charge on any atom is 0.203 e. The van der Waals surface area contributed by atoms with Crippen molar-refractivity contribution >= 4 is 5.95 Å². The van der Waals surface area contributed by atoms with Crippen LogP contribution in [0.5, 0.6) is 0 Å². The van der Waals surface area contributed by atoms with E-state index in [0.29, 0.717) is 6.04 Å². The third kappa shape index (κ3) is 1.80. The van der Waals surface area contributed by atoms with Crippen LogP contribution >= 0.6 is 0 Å². The van der Waals surface area contributed by atoms with Gasteiger partial charge in [-0.3, -0.25) is 4.68 Å². The van der Waals surface area contributed by atoms with Gasteiger partial charge < -0.3 is 9.88 Å². The van der Waals surface area contributed by atoms with E-state index in [0.717, 1.165) is 18.2 Å². The van der Waals surface area contributed by atoms with Crippen LogP contribution in [0.25, 0.3) is 0 Å². The number of anilines is 1. The predicted octanol–water partition coefficient (Wildman–Crippen LogP) is 1.56. The van der Waals surface area contributed by atoms with Crippen molar-refractivity contribution in [2.75, 3.05) is 5.32 Å². The molecule has 0 unspecified atom stereocenters. The Bertz CT molecular complexity index is 480. The molecule has 1 fully saturated rings. The number of nitrogens with zero attached hydrogens (tertiary/aromatic N) is 4. The van der Waals surface area contributed by atoms with Gasteiger partial charge in [0.25, 0.3) is 0 Å². The second-order valence-electron chi connectivity index (χ2n) is 4.22. The summed E-state index contributed by atoms with van der Waals surface area (Å²) in [5, 5.41) is 7.64. The van der Waals surface area contributed by atoms with Crippen LogP contribution in [0.4, 0.5) is 5.95 Å². The first-order valence-corrected chi connectivity index (χ1v) is 5.58. The topological polar surface area (TPSA) is 47.7 Å². The predicted molar refractivity (Wildman–Crippen MR) is 61.0 cm³/mol. The molecule has 5 heteroatoms. The minimum absolute atomic E-state index is 0.661. The SMILES string of the molecule is Cn1ccc(CNc2nccn2C2CC2)n1. The summed E-state index contributed by atoms with van der Waals surface area (Å²) in [4.78, 5) is 4.32. The lowest BCUT2D eigenvalue weighted by atomic mass is 10.4. The molecular weight excluding hydrogens is 202 g/mol. The number of hydrogen-bond donors (Lipinski definition) is 1. The average molecular weight is 217 g/mol. The number of nitrogens with one attached hydrogen (secondary N) is 1. The number of aryl methyl sites for hydroxylation is 1. The third-order valence-corrected chi connectivity index (χ3v) is 2.81. The van der Waals surface area contributed by atoms with Gasteiger partial charge in [-0.1, -0.05) is 0 Å². The fourth-order valence-corrected chi connectivity index (χ4v) is 1.82. The van der Waals surface area contributed by atoms with Crippen molar-refractivity contribution in [2.24, 2.45) is 7.05 Å². The molecule has 1 aliphatic carbocycles. The standard InChI is InChI=1S/C11H15N5/c1-15-6-4-9(14-15)8-13-11-12-5-7-16(11)10-2-3-10/h4-7,10H,2-3,8H2,1H3,(H,12,13). The molecule has 0 aromatic carbocycles. The van der Waals surface area contributed by atoms with Gasteiger partial charge in [-0.2, -0.15) is 5.10 Å². The van der Waals surface area contributed by atoms with Crippen LogP contribution in [-0.4, -0.2) is 19.3 Å². The Kier molecular flexibility index (Phi) is 2.16. The van der Waals surface area contributed by atoms with E-state index in [1.54, 1.807) is 0 Å². The van der Waals surface area contributed by atoms with E-state index >= 15 is 0 Å². The maximum atomic E-state index is 4.32. The van der Waals surface area contributed by atoms with Crippen LogP contribution in [0.1, 0.15) is 24.6 Å². The van der Waals surface area contributed by atoms with Crippen LogP contribution in [0.15, 0.2) is 24.7 Å². The number of hydrogen-bond acceptors (Lipinski definition) is 3. The summed E-state index contributed by atoms with van der Waals surface area (Å²) in [6.45, 7) is 0.727. The summed E-state index contributed by atoms with van der Waals surface area (Å²) in [6, 6.07) is 2.67. The number of imidazole rings is 1. The van der Waals surface area contributed by atoms with Crippen molar-refractivity contribution in [3.05, 3.63) is 30.4 Å². The molecule has 0 amide bonds. The van der Waals surface area contributed by atoms with Gasteiger partial charge in [-0.15, -0.1) is 0 Å². The molecule has 0 radical (unpaired) electrons. The Balaban J connectivity index is 1.67. The zero-order valence-corrected chi connectivity index (χ0v) is 9.30. The molecule has 1 aliphatic rings. The van der Waals surface area contributed by atoms with E-state index in [4.69, 9.17) is 0 Å². The third-order valence-electron chi connectivity index (χ3n) is 2.81. The van der Waals surface area contributed by atoms with Crippen LogP contribution in [0.2, 0.25) is 0 Å². The fourth-order valence-electron chi connectivity index (χ4n) is 1.82. The summed E-state index contributed by atoms with van der Waals surface area (Å²) in [6.07, 6.45) is 8.38. The highest BCUT2D eigenvalue weighted by Gasteiger charge is 2.25. The Hall–Kier alpha value is -1.78. The van der Waals surface area contributed by atoms with Crippen molar-refractivity contribution in [1.29, 1.82) is 0 Å². The normalized spacial score (nSPS) is 15.3. The largest absolute Gasteiger partial charge is 0.350 e. The Morgan fingerprint density at radius 1 is 1.44 bits per heavy atom. The van der Waals surface area contributed by atoms with Crippen molar-refractivity contribution < 1.29 is 0 Å². The molecule has 0 bridgehead atoms. The molecule has 0 spiro atoms.